The molecule has 1 amide bonds. The van der Waals surface area contributed by atoms with E-state index in [0.717, 1.165) is 25.9 Å². The number of likely N-dealkylation sites (N-methyl/N-ethyl adjacent to an activating group) is 1. The van der Waals surface area contributed by atoms with Crippen LogP contribution in [-0.2, 0) is 11.3 Å². The highest BCUT2D eigenvalue weighted by Crippen LogP contribution is 2.11. The van der Waals surface area contributed by atoms with Crippen LogP contribution in [0.1, 0.15) is 18.4 Å². The second-order valence-electron chi connectivity index (χ2n) is 5.48. The molecule has 1 aliphatic heterocycles. The number of nitrogens with two attached hydrogens (primary N) is 1. The van der Waals surface area contributed by atoms with Gasteiger partial charge in [-0.25, -0.2) is 4.39 Å². The summed E-state index contributed by atoms with van der Waals surface area (Å²) in [4.78, 5) is 15.8. The van der Waals surface area contributed by atoms with Crippen LogP contribution in [0.5, 0.6) is 0 Å². The van der Waals surface area contributed by atoms with Crippen LogP contribution >= 0.6 is 12.4 Å². The SMILES string of the molecule is CN(Cc1ccccc1F)C(=O)CN1CCCC(N)C1.Cl. The van der Waals surface area contributed by atoms with Gasteiger partial charge in [0.05, 0.1) is 6.54 Å². The largest absolute Gasteiger partial charge is 0.340 e. The maximum atomic E-state index is 13.6. The number of amides is 1. The molecule has 1 aromatic rings. The number of carbonyl (C=O) groups is 1. The molecule has 0 bridgehead atoms. The molecular weight excluding hydrogens is 293 g/mol. The van der Waals surface area contributed by atoms with Gasteiger partial charge in [-0.3, -0.25) is 9.69 Å². The van der Waals surface area contributed by atoms with Crippen molar-refractivity contribution in [2.24, 2.45) is 5.73 Å². The molecule has 0 spiro atoms. The van der Waals surface area contributed by atoms with Gasteiger partial charge in [0.25, 0.3) is 0 Å². The summed E-state index contributed by atoms with van der Waals surface area (Å²) in [6, 6.07) is 6.71. The Kier molecular flexibility index (Phi) is 7.08. The van der Waals surface area contributed by atoms with E-state index in [1.165, 1.54) is 6.07 Å². The summed E-state index contributed by atoms with van der Waals surface area (Å²) in [5.41, 5.74) is 6.44. The van der Waals surface area contributed by atoms with E-state index in [9.17, 15) is 9.18 Å². The van der Waals surface area contributed by atoms with Gasteiger partial charge >= 0.3 is 0 Å². The third kappa shape index (κ3) is 5.26. The molecule has 1 unspecified atom stereocenters. The molecule has 0 aromatic heterocycles. The average Bonchev–Trinajstić information content (AvgIpc) is 2.41. The molecule has 1 aliphatic rings. The van der Waals surface area contributed by atoms with Crippen LogP contribution in [0.3, 0.4) is 0 Å². The van der Waals surface area contributed by atoms with Crippen LogP contribution < -0.4 is 5.73 Å². The van der Waals surface area contributed by atoms with Gasteiger partial charge in [0, 0.05) is 31.7 Å². The smallest absolute Gasteiger partial charge is 0.236 e. The molecule has 0 radical (unpaired) electrons. The number of piperidine rings is 1. The third-order valence-electron chi connectivity index (χ3n) is 3.69. The standard InChI is InChI=1S/C15H22FN3O.ClH/c1-18(9-12-5-2-3-7-14(12)16)15(20)11-19-8-4-6-13(17)10-19;/h2-3,5,7,13H,4,6,8-11,17H2,1H3;1H. The van der Waals surface area contributed by atoms with E-state index in [0.29, 0.717) is 18.7 Å². The summed E-state index contributed by atoms with van der Waals surface area (Å²) < 4.78 is 13.6. The van der Waals surface area contributed by atoms with E-state index in [1.54, 1.807) is 30.1 Å². The predicted octanol–water partition coefficient (Wildman–Crippen LogP) is 1.63. The van der Waals surface area contributed by atoms with Crippen LogP contribution in [0.2, 0.25) is 0 Å². The highest BCUT2D eigenvalue weighted by atomic mass is 35.5. The lowest BCUT2D eigenvalue weighted by Crippen LogP contribution is -2.47. The molecule has 1 heterocycles. The predicted molar refractivity (Wildman–Crippen MR) is 83.8 cm³/mol. The Morgan fingerprint density at radius 3 is 2.86 bits per heavy atom. The van der Waals surface area contributed by atoms with Gasteiger partial charge in [-0.1, -0.05) is 18.2 Å². The minimum Gasteiger partial charge on any atom is -0.340 e. The Hall–Kier alpha value is -1.17. The van der Waals surface area contributed by atoms with Crippen LogP contribution in [0.4, 0.5) is 4.39 Å². The molecule has 4 nitrogen and oxygen atoms in total. The second-order valence-corrected chi connectivity index (χ2v) is 5.48. The lowest BCUT2D eigenvalue weighted by Gasteiger charge is -2.31. The number of likely N-dealkylation sites (tertiary alicyclic amines) is 1. The molecule has 0 aliphatic carbocycles. The number of hydrogen-bond acceptors (Lipinski definition) is 3. The van der Waals surface area contributed by atoms with Gasteiger partial charge < -0.3 is 10.6 Å². The Morgan fingerprint density at radius 2 is 2.19 bits per heavy atom. The maximum absolute atomic E-state index is 13.6. The molecule has 1 fully saturated rings. The molecule has 1 aromatic carbocycles. The normalized spacial score (nSPS) is 18.9. The summed E-state index contributed by atoms with van der Waals surface area (Å²) in [6.07, 6.45) is 2.06. The average molecular weight is 316 g/mol. The minimum absolute atomic E-state index is 0. The van der Waals surface area contributed by atoms with Crippen molar-refractivity contribution in [3.8, 4) is 0 Å². The van der Waals surface area contributed by atoms with Gasteiger partial charge in [0.1, 0.15) is 5.82 Å². The third-order valence-corrected chi connectivity index (χ3v) is 3.69. The summed E-state index contributed by atoms with van der Waals surface area (Å²) in [6.45, 7) is 2.33. The van der Waals surface area contributed by atoms with Crippen LogP contribution in [-0.4, -0.2) is 48.4 Å². The Bertz CT molecular complexity index is 472. The van der Waals surface area contributed by atoms with Gasteiger partial charge in [-0.2, -0.15) is 0 Å². The first kappa shape index (κ1) is 17.9. The molecule has 1 saturated heterocycles. The number of carbonyl (C=O) groups excluding carboxylic acids is 1. The first-order valence-electron chi connectivity index (χ1n) is 7.01. The molecule has 2 rings (SSSR count). The maximum Gasteiger partial charge on any atom is 0.236 e. The summed E-state index contributed by atoms with van der Waals surface area (Å²) in [5.74, 6) is -0.269. The van der Waals surface area contributed by atoms with E-state index in [1.807, 2.05) is 0 Å². The van der Waals surface area contributed by atoms with Crippen molar-refractivity contribution >= 4 is 18.3 Å². The van der Waals surface area contributed by atoms with Crippen molar-refractivity contribution < 1.29 is 9.18 Å². The van der Waals surface area contributed by atoms with Gasteiger partial charge in [-0.05, 0) is 25.5 Å². The molecule has 1 atom stereocenters. The van der Waals surface area contributed by atoms with E-state index in [-0.39, 0.29) is 30.2 Å². The van der Waals surface area contributed by atoms with Crippen molar-refractivity contribution in [3.63, 3.8) is 0 Å². The first-order valence-corrected chi connectivity index (χ1v) is 7.01. The highest BCUT2D eigenvalue weighted by molar-refractivity contribution is 5.85. The minimum atomic E-state index is -0.271. The van der Waals surface area contributed by atoms with Crippen LogP contribution in [0.25, 0.3) is 0 Å². The van der Waals surface area contributed by atoms with E-state index >= 15 is 0 Å². The fourth-order valence-electron chi connectivity index (χ4n) is 2.52. The monoisotopic (exact) mass is 315 g/mol. The summed E-state index contributed by atoms with van der Waals surface area (Å²) in [7, 11) is 1.71. The van der Waals surface area contributed by atoms with Crippen molar-refractivity contribution in [1.82, 2.24) is 9.80 Å². The lowest BCUT2D eigenvalue weighted by atomic mass is 10.1. The Labute approximate surface area is 131 Å². The fourth-order valence-corrected chi connectivity index (χ4v) is 2.52. The van der Waals surface area contributed by atoms with E-state index < -0.39 is 0 Å². The van der Waals surface area contributed by atoms with Crippen LogP contribution in [0.15, 0.2) is 24.3 Å². The van der Waals surface area contributed by atoms with Crippen molar-refractivity contribution in [2.75, 3.05) is 26.7 Å². The summed E-state index contributed by atoms with van der Waals surface area (Å²) >= 11 is 0. The number of rotatable bonds is 4. The summed E-state index contributed by atoms with van der Waals surface area (Å²) in [5, 5.41) is 0. The quantitative estimate of drug-likeness (QED) is 0.919. The molecule has 118 valence electrons. The topological polar surface area (TPSA) is 49.6 Å². The molecule has 0 saturated carbocycles. The zero-order chi connectivity index (χ0) is 14.5. The number of hydrogen-bond donors (Lipinski definition) is 1. The van der Waals surface area contributed by atoms with E-state index in [2.05, 4.69) is 4.90 Å². The van der Waals surface area contributed by atoms with Gasteiger partial charge in [0.2, 0.25) is 5.91 Å². The Balaban J connectivity index is 0.00000220. The second kappa shape index (κ2) is 8.32. The van der Waals surface area contributed by atoms with Gasteiger partial charge in [-0.15, -0.1) is 12.4 Å². The zero-order valence-electron chi connectivity index (χ0n) is 12.3. The van der Waals surface area contributed by atoms with Crippen LogP contribution in [0, 0.1) is 5.82 Å². The van der Waals surface area contributed by atoms with E-state index in [4.69, 9.17) is 5.73 Å². The molecule has 6 heteroatoms. The number of benzene rings is 1. The van der Waals surface area contributed by atoms with Gasteiger partial charge in [0.15, 0.2) is 0 Å². The zero-order valence-corrected chi connectivity index (χ0v) is 13.1. The number of halogens is 2. The van der Waals surface area contributed by atoms with Crippen molar-refractivity contribution in [1.29, 1.82) is 0 Å². The molecule has 2 N–H and O–H groups in total. The van der Waals surface area contributed by atoms with Crippen molar-refractivity contribution in [2.45, 2.75) is 25.4 Å². The molecular formula is C15H23ClFN3O. The molecule has 21 heavy (non-hydrogen) atoms. The first-order chi connectivity index (χ1) is 9.56. The van der Waals surface area contributed by atoms with Crippen molar-refractivity contribution in [3.05, 3.63) is 35.6 Å². The lowest BCUT2D eigenvalue weighted by molar-refractivity contribution is -0.131. The number of nitrogens with zero attached hydrogens (tertiary/aromatic N) is 2. The fraction of sp³-hybridized carbons (Fsp3) is 0.533. The highest BCUT2D eigenvalue weighted by Gasteiger charge is 2.20. The Morgan fingerprint density at radius 1 is 1.48 bits per heavy atom.